The van der Waals surface area contributed by atoms with Gasteiger partial charge in [-0.2, -0.15) is 0 Å². The molecular formula is C16H15N3O4S. The van der Waals surface area contributed by atoms with Crippen LogP contribution in [0.5, 0.6) is 0 Å². The summed E-state index contributed by atoms with van der Waals surface area (Å²) in [6.45, 7) is 4.03. The molecule has 7 nitrogen and oxygen atoms in total. The molecule has 1 unspecified atom stereocenters. The van der Waals surface area contributed by atoms with Crippen molar-refractivity contribution in [1.82, 2.24) is 15.4 Å². The van der Waals surface area contributed by atoms with Crippen LogP contribution in [0.1, 0.15) is 27.9 Å². The van der Waals surface area contributed by atoms with Crippen molar-refractivity contribution >= 4 is 23.3 Å². The molecule has 2 aliphatic rings. The maximum Gasteiger partial charge on any atom is 0.338 e. The van der Waals surface area contributed by atoms with Gasteiger partial charge in [0.05, 0.1) is 29.6 Å². The Morgan fingerprint density at radius 1 is 1.42 bits per heavy atom. The number of esters is 1. The van der Waals surface area contributed by atoms with E-state index in [2.05, 4.69) is 10.5 Å². The van der Waals surface area contributed by atoms with E-state index in [1.165, 1.54) is 16.2 Å². The molecule has 2 aromatic heterocycles. The molecule has 0 bridgehead atoms. The predicted molar refractivity (Wildman–Crippen MR) is 85.1 cm³/mol. The van der Waals surface area contributed by atoms with Gasteiger partial charge in [0.2, 0.25) is 0 Å². The number of rotatable bonds is 3. The number of cyclic esters (lactones) is 1. The SMILES string of the molecule is Cc1noc(C)c1CN1C(=O)NC(c2cccs2)C2=C1COC2=O. The van der Waals surface area contributed by atoms with Crippen LogP contribution < -0.4 is 5.32 Å². The first-order valence-corrected chi connectivity index (χ1v) is 8.37. The van der Waals surface area contributed by atoms with Crippen LogP contribution in [0.25, 0.3) is 0 Å². The number of urea groups is 1. The standard InChI is InChI=1S/C16H15N3O4S/c1-8-10(9(2)23-18-8)6-19-11-7-22-15(20)13(11)14(17-16(19)21)12-4-3-5-24-12/h3-5,14H,6-7H2,1-2H3,(H,17,21). The summed E-state index contributed by atoms with van der Waals surface area (Å²) in [5, 5.41) is 8.74. The molecule has 0 aliphatic carbocycles. The Bertz CT molecular complexity index is 833. The molecule has 1 atom stereocenters. The van der Waals surface area contributed by atoms with Gasteiger partial charge in [0.15, 0.2) is 0 Å². The molecule has 4 rings (SSSR count). The number of nitrogens with one attached hydrogen (secondary N) is 1. The molecule has 4 heterocycles. The van der Waals surface area contributed by atoms with E-state index in [0.717, 1.165) is 16.1 Å². The van der Waals surface area contributed by atoms with E-state index >= 15 is 0 Å². The molecule has 0 fully saturated rings. The van der Waals surface area contributed by atoms with Crippen LogP contribution in [0.3, 0.4) is 0 Å². The fourth-order valence-corrected chi connectivity index (χ4v) is 3.82. The predicted octanol–water partition coefficient (Wildman–Crippen LogP) is 2.43. The summed E-state index contributed by atoms with van der Waals surface area (Å²) in [7, 11) is 0. The van der Waals surface area contributed by atoms with Gasteiger partial charge in [-0.15, -0.1) is 11.3 Å². The minimum atomic E-state index is -0.455. The van der Waals surface area contributed by atoms with Gasteiger partial charge in [0.25, 0.3) is 0 Å². The number of hydrogen-bond donors (Lipinski definition) is 1. The highest BCUT2D eigenvalue weighted by Gasteiger charge is 2.42. The smallest absolute Gasteiger partial charge is 0.338 e. The van der Waals surface area contributed by atoms with E-state index in [1.54, 1.807) is 6.92 Å². The molecule has 0 radical (unpaired) electrons. The second kappa shape index (κ2) is 5.48. The Balaban J connectivity index is 1.75. The van der Waals surface area contributed by atoms with Gasteiger partial charge < -0.3 is 14.6 Å². The molecule has 2 aromatic rings. The third-order valence-electron chi connectivity index (χ3n) is 4.32. The summed E-state index contributed by atoms with van der Waals surface area (Å²) in [6.07, 6.45) is 0. The van der Waals surface area contributed by atoms with Gasteiger partial charge in [-0.05, 0) is 25.3 Å². The zero-order chi connectivity index (χ0) is 16.8. The summed E-state index contributed by atoms with van der Waals surface area (Å²) in [5.41, 5.74) is 2.69. The van der Waals surface area contributed by atoms with E-state index in [9.17, 15) is 9.59 Å². The minimum Gasteiger partial charge on any atom is -0.456 e. The lowest BCUT2D eigenvalue weighted by Crippen LogP contribution is -2.46. The number of nitrogens with zero attached hydrogens (tertiary/aromatic N) is 2. The van der Waals surface area contributed by atoms with Crippen LogP contribution in [0, 0.1) is 13.8 Å². The van der Waals surface area contributed by atoms with Gasteiger partial charge in [0, 0.05) is 10.4 Å². The average Bonchev–Trinajstić information content (AvgIpc) is 3.27. The van der Waals surface area contributed by atoms with Crippen molar-refractivity contribution in [2.45, 2.75) is 26.4 Å². The maximum absolute atomic E-state index is 12.7. The number of aromatic nitrogens is 1. The Hall–Kier alpha value is -2.61. The first-order chi connectivity index (χ1) is 11.6. The van der Waals surface area contributed by atoms with Gasteiger partial charge in [-0.25, -0.2) is 9.59 Å². The van der Waals surface area contributed by atoms with E-state index in [0.29, 0.717) is 23.6 Å². The third-order valence-corrected chi connectivity index (χ3v) is 5.26. The number of hydrogen-bond acceptors (Lipinski definition) is 6. The lowest BCUT2D eigenvalue weighted by atomic mass is 10.0. The van der Waals surface area contributed by atoms with Crippen molar-refractivity contribution in [3.05, 3.63) is 50.7 Å². The number of carbonyl (C=O) groups is 2. The first kappa shape index (κ1) is 14.9. The quantitative estimate of drug-likeness (QED) is 0.864. The van der Waals surface area contributed by atoms with Crippen LogP contribution in [0.4, 0.5) is 4.79 Å². The minimum absolute atomic E-state index is 0.104. The monoisotopic (exact) mass is 345 g/mol. The molecule has 1 N–H and O–H groups in total. The van der Waals surface area contributed by atoms with Gasteiger partial charge >= 0.3 is 12.0 Å². The zero-order valence-corrected chi connectivity index (χ0v) is 14.0. The second-order valence-corrected chi connectivity index (χ2v) is 6.70. The Labute approximate surface area is 141 Å². The fourth-order valence-electron chi connectivity index (χ4n) is 3.03. The lowest BCUT2D eigenvalue weighted by Gasteiger charge is -2.32. The molecule has 24 heavy (non-hydrogen) atoms. The van der Waals surface area contributed by atoms with Crippen LogP contribution >= 0.6 is 11.3 Å². The second-order valence-electron chi connectivity index (χ2n) is 5.72. The van der Waals surface area contributed by atoms with Crippen molar-refractivity contribution in [3.8, 4) is 0 Å². The van der Waals surface area contributed by atoms with E-state index in [1.807, 2.05) is 24.4 Å². The number of amides is 2. The van der Waals surface area contributed by atoms with Crippen LogP contribution in [-0.2, 0) is 16.1 Å². The van der Waals surface area contributed by atoms with Crippen LogP contribution in [0.2, 0.25) is 0 Å². The van der Waals surface area contributed by atoms with Crippen molar-refractivity contribution < 1.29 is 18.8 Å². The molecule has 2 aliphatic heterocycles. The summed E-state index contributed by atoms with van der Waals surface area (Å²) in [6, 6.07) is 3.08. The molecule has 2 amide bonds. The normalized spacial score (nSPS) is 20.2. The highest BCUT2D eigenvalue weighted by molar-refractivity contribution is 7.10. The Morgan fingerprint density at radius 3 is 2.92 bits per heavy atom. The van der Waals surface area contributed by atoms with Gasteiger partial charge in [-0.3, -0.25) is 4.90 Å². The van der Waals surface area contributed by atoms with Crippen molar-refractivity contribution in [2.75, 3.05) is 6.61 Å². The Morgan fingerprint density at radius 2 is 2.25 bits per heavy atom. The molecule has 0 saturated carbocycles. The first-order valence-electron chi connectivity index (χ1n) is 7.49. The lowest BCUT2D eigenvalue weighted by molar-refractivity contribution is -0.136. The van der Waals surface area contributed by atoms with E-state index in [4.69, 9.17) is 9.26 Å². The summed E-state index contributed by atoms with van der Waals surface area (Å²) >= 11 is 1.49. The average molecular weight is 345 g/mol. The fraction of sp³-hybridized carbons (Fsp3) is 0.312. The zero-order valence-electron chi connectivity index (χ0n) is 13.2. The largest absolute Gasteiger partial charge is 0.456 e. The number of aryl methyl sites for hydroxylation is 2. The number of ether oxygens (including phenoxy) is 1. The molecule has 0 aromatic carbocycles. The summed E-state index contributed by atoms with van der Waals surface area (Å²) in [4.78, 5) is 27.3. The molecule has 8 heteroatoms. The van der Waals surface area contributed by atoms with E-state index < -0.39 is 6.04 Å². The molecule has 124 valence electrons. The van der Waals surface area contributed by atoms with Gasteiger partial charge in [0.1, 0.15) is 12.4 Å². The van der Waals surface area contributed by atoms with Crippen molar-refractivity contribution in [3.63, 3.8) is 0 Å². The maximum atomic E-state index is 12.7. The van der Waals surface area contributed by atoms with Crippen molar-refractivity contribution in [2.24, 2.45) is 0 Å². The van der Waals surface area contributed by atoms with Crippen LogP contribution in [0.15, 0.2) is 33.3 Å². The third kappa shape index (κ3) is 2.22. The Kier molecular flexibility index (Phi) is 3.42. The molecule has 0 saturated heterocycles. The molecular weight excluding hydrogens is 330 g/mol. The summed E-state index contributed by atoms with van der Waals surface area (Å²) in [5.74, 6) is 0.278. The highest BCUT2D eigenvalue weighted by atomic mass is 32.1. The highest BCUT2D eigenvalue weighted by Crippen LogP contribution is 2.37. The summed E-state index contributed by atoms with van der Waals surface area (Å²) < 4.78 is 10.4. The van der Waals surface area contributed by atoms with Crippen LogP contribution in [-0.4, -0.2) is 28.7 Å². The molecule has 0 spiro atoms. The number of thiophene rings is 1. The topological polar surface area (TPSA) is 84.7 Å². The van der Waals surface area contributed by atoms with Gasteiger partial charge in [-0.1, -0.05) is 11.2 Å². The van der Waals surface area contributed by atoms with E-state index in [-0.39, 0.29) is 18.6 Å². The van der Waals surface area contributed by atoms with Crippen molar-refractivity contribution in [1.29, 1.82) is 0 Å². The number of carbonyl (C=O) groups excluding carboxylic acids is 2.